The van der Waals surface area contributed by atoms with Gasteiger partial charge in [-0.1, -0.05) is 54.6 Å². The SMILES string of the molecule is CNC(=O)[C@@H](C)N(Cc1ccccc1C)C(=O)CN(C)S(=O)(=O)c1ccc2ccccc2c1. The molecule has 0 saturated heterocycles. The first-order valence-electron chi connectivity index (χ1n) is 10.7. The zero-order chi connectivity index (χ0) is 24.2. The number of hydrogen-bond donors (Lipinski definition) is 1. The molecule has 0 aromatic heterocycles. The summed E-state index contributed by atoms with van der Waals surface area (Å²) in [7, 11) is -1.03. The molecule has 0 saturated carbocycles. The van der Waals surface area contributed by atoms with Gasteiger partial charge in [-0.15, -0.1) is 0 Å². The molecule has 3 aromatic rings. The lowest BCUT2D eigenvalue weighted by Crippen LogP contribution is -2.50. The second-order valence-corrected chi connectivity index (χ2v) is 10.1. The number of sulfonamides is 1. The van der Waals surface area contributed by atoms with Crippen LogP contribution in [0.2, 0.25) is 0 Å². The van der Waals surface area contributed by atoms with E-state index < -0.39 is 22.0 Å². The third-order valence-corrected chi connectivity index (χ3v) is 7.60. The molecule has 0 heterocycles. The number of nitrogens with zero attached hydrogens (tertiary/aromatic N) is 2. The van der Waals surface area contributed by atoms with Gasteiger partial charge in [-0.05, 0) is 47.9 Å². The van der Waals surface area contributed by atoms with E-state index in [1.54, 1.807) is 19.1 Å². The van der Waals surface area contributed by atoms with Crippen LogP contribution in [0.15, 0.2) is 71.6 Å². The van der Waals surface area contributed by atoms with Crippen molar-refractivity contribution >= 4 is 32.6 Å². The Morgan fingerprint density at radius 1 is 0.970 bits per heavy atom. The van der Waals surface area contributed by atoms with Gasteiger partial charge in [0, 0.05) is 20.6 Å². The van der Waals surface area contributed by atoms with Gasteiger partial charge in [0.15, 0.2) is 0 Å². The predicted octanol–water partition coefficient (Wildman–Crippen LogP) is 2.93. The lowest BCUT2D eigenvalue weighted by molar-refractivity contribution is -0.140. The van der Waals surface area contributed by atoms with Gasteiger partial charge in [-0.3, -0.25) is 9.59 Å². The van der Waals surface area contributed by atoms with Gasteiger partial charge in [0.2, 0.25) is 21.8 Å². The predicted molar refractivity (Wildman–Crippen MR) is 129 cm³/mol. The Kier molecular flexibility index (Phi) is 7.50. The highest BCUT2D eigenvalue weighted by atomic mass is 32.2. The van der Waals surface area contributed by atoms with Gasteiger partial charge in [0.25, 0.3) is 0 Å². The number of amides is 2. The van der Waals surface area contributed by atoms with Crippen molar-refractivity contribution in [2.24, 2.45) is 0 Å². The number of benzene rings is 3. The van der Waals surface area contributed by atoms with Crippen LogP contribution in [0.4, 0.5) is 0 Å². The van der Waals surface area contributed by atoms with E-state index in [-0.39, 0.29) is 23.9 Å². The maximum atomic E-state index is 13.3. The zero-order valence-electron chi connectivity index (χ0n) is 19.3. The van der Waals surface area contributed by atoms with E-state index in [1.165, 1.54) is 25.1 Å². The van der Waals surface area contributed by atoms with E-state index in [2.05, 4.69) is 5.32 Å². The second-order valence-electron chi connectivity index (χ2n) is 8.01. The van der Waals surface area contributed by atoms with Crippen LogP contribution in [0.5, 0.6) is 0 Å². The van der Waals surface area contributed by atoms with Crippen LogP contribution in [0.1, 0.15) is 18.1 Å². The smallest absolute Gasteiger partial charge is 0.243 e. The van der Waals surface area contributed by atoms with Gasteiger partial charge in [0.05, 0.1) is 11.4 Å². The van der Waals surface area contributed by atoms with Gasteiger partial charge in [-0.25, -0.2) is 8.42 Å². The van der Waals surface area contributed by atoms with E-state index in [4.69, 9.17) is 0 Å². The summed E-state index contributed by atoms with van der Waals surface area (Å²) in [5.41, 5.74) is 1.87. The lowest BCUT2D eigenvalue weighted by Gasteiger charge is -2.30. The maximum absolute atomic E-state index is 13.3. The molecule has 33 heavy (non-hydrogen) atoms. The number of nitrogens with one attached hydrogen (secondary N) is 1. The molecule has 0 radical (unpaired) electrons. The summed E-state index contributed by atoms with van der Waals surface area (Å²) >= 11 is 0. The van der Waals surface area contributed by atoms with Crippen molar-refractivity contribution in [2.75, 3.05) is 20.6 Å². The Hall–Kier alpha value is -3.23. The van der Waals surface area contributed by atoms with Crippen molar-refractivity contribution in [3.63, 3.8) is 0 Å². The third-order valence-electron chi connectivity index (χ3n) is 5.80. The highest BCUT2D eigenvalue weighted by Crippen LogP contribution is 2.22. The van der Waals surface area contributed by atoms with Gasteiger partial charge >= 0.3 is 0 Å². The van der Waals surface area contributed by atoms with Crippen LogP contribution < -0.4 is 5.32 Å². The number of aryl methyl sites for hydroxylation is 1. The molecule has 3 rings (SSSR count). The molecule has 3 aromatic carbocycles. The lowest BCUT2D eigenvalue weighted by atomic mass is 10.1. The molecular weight excluding hydrogens is 438 g/mol. The van der Waals surface area contributed by atoms with Crippen molar-refractivity contribution in [3.05, 3.63) is 77.9 Å². The van der Waals surface area contributed by atoms with Crippen LogP contribution in [0.3, 0.4) is 0 Å². The molecule has 2 amide bonds. The van der Waals surface area contributed by atoms with E-state index in [0.29, 0.717) is 0 Å². The van der Waals surface area contributed by atoms with E-state index >= 15 is 0 Å². The largest absolute Gasteiger partial charge is 0.357 e. The van der Waals surface area contributed by atoms with Crippen molar-refractivity contribution in [3.8, 4) is 0 Å². The van der Waals surface area contributed by atoms with Crippen LogP contribution in [-0.4, -0.2) is 56.1 Å². The fourth-order valence-electron chi connectivity index (χ4n) is 3.64. The van der Waals surface area contributed by atoms with Crippen LogP contribution in [-0.2, 0) is 26.2 Å². The molecule has 0 aliphatic heterocycles. The minimum Gasteiger partial charge on any atom is -0.357 e. The molecule has 0 fully saturated rings. The van der Waals surface area contributed by atoms with Crippen molar-refractivity contribution in [2.45, 2.75) is 31.3 Å². The Bertz CT molecular complexity index is 1270. The summed E-state index contributed by atoms with van der Waals surface area (Å²) in [5, 5.41) is 4.29. The van der Waals surface area contributed by atoms with Crippen molar-refractivity contribution in [1.29, 1.82) is 0 Å². The van der Waals surface area contributed by atoms with E-state index in [1.807, 2.05) is 55.5 Å². The average molecular weight is 468 g/mol. The Morgan fingerprint density at radius 2 is 1.61 bits per heavy atom. The van der Waals surface area contributed by atoms with Gasteiger partial charge in [-0.2, -0.15) is 4.31 Å². The molecule has 0 aliphatic rings. The molecule has 174 valence electrons. The fraction of sp³-hybridized carbons (Fsp3) is 0.280. The highest BCUT2D eigenvalue weighted by Gasteiger charge is 2.30. The zero-order valence-corrected chi connectivity index (χ0v) is 20.1. The quantitative estimate of drug-likeness (QED) is 0.552. The first-order valence-corrected chi connectivity index (χ1v) is 12.1. The minimum atomic E-state index is -3.91. The van der Waals surface area contributed by atoms with Crippen LogP contribution in [0, 0.1) is 6.92 Å². The molecule has 1 N–H and O–H groups in total. The molecule has 0 unspecified atom stereocenters. The average Bonchev–Trinajstić information content (AvgIpc) is 2.82. The Balaban J connectivity index is 1.86. The summed E-state index contributed by atoms with van der Waals surface area (Å²) in [5.74, 6) is -0.779. The number of carbonyl (C=O) groups excluding carboxylic acids is 2. The summed E-state index contributed by atoms with van der Waals surface area (Å²) in [6, 6.07) is 19.2. The third kappa shape index (κ3) is 5.40. The molecule has 0 bridgehead atoms. The van der Waals surface area contributed by atoms with Crippen molar-refractivity contribution in [1.82, 2.24) is 14.5 Å². The molecular formula is C25H29N3O4S. The molecule has 0 aliphatic carbocycles. The maximum Gasteiger partial charge on any atom is 0.243 e. The minimum absolute atomic E-state index is 0.112. The van der Waals surface area contributed by atoms with Crippen molar-refractivity contribution < 1.29 is 18.0 Å². The number of likely N-dealkylation sites (N-methyl/N-ethyl adjacent to an activating group) is 2. The van der Waals surface area contributed by atoms with E-state index in [0.717, 1.165) is 26.2 Å². The highest BCUT2D eigenvalue weighted by molar-refractivity contribution is 7.89. The summed E-state index contributed by atoms with van der Waals surface area (Å²) in [6.45, 7) is 3.37. The van der Waals surface area contributed by atoms with Gasteiger partial charge in [0.1, 0.15) is 6.04 Å². The first kappa shape index (κ1) is 24.4. The molecule has 1 atom stereocenters. The normalized spacial score (nSPS) is 12.5. The Morgan fingerprint density at radius 3 is 2.27 bits per heavy atom. The molecule has 7 nitrogen and oxygen atoms in total. The summed E-state index contributed by atoms with van der Waals surface area (Å²) < 4.78 is 27.4. The van der Waals surface area contributed by atoms with E-state index in [9.17, 15) is 18.0 Å². The monoisotopic (exact) mass is 467 g/mol. The number of carbonyl (C=O) groups is 2. The first-order chi connectivity index (χ1) is 15.6. The van der Waals surface area contributed by atoms with Crippen LogP contribution >= 0.6 is 0 Å². The standard InChI is InChI=1S/C25H29N3O4S/c1-18-9-5-6-12-22(18)16-28(19(2)25(30)26-3)24(29)17-27(4)33(31,32)23-14-13-20-10-7-8-11-21(20)15-23/h5-15,19H,16-17H2,1-4H3,(H,26,30)/t19-/m1/s1. The Labute approximate surface area is 195 Å². The van der Waals surface area contributed by atoms with Crippen LogP contribution in [0.25, 0.3) is 10.8 Å². The molecule has 0 spiro atoms. The van der Waals surface area contributed by atoms with Gasteiger partial charge < -0.3 is 10.2 Å². The summed E-state index contributed by atoms with van der Waals surface area (Å²) in [6.07, 6.45) is 0. The number of rotatable bonds is 8. The summed E-state index contributed by atoms with van der Waals surface area (Å²) in [4.78, 5) is 27.1. The fourth-order valence-corrected chi connectivity index (χ4v) is 4.79. The number of fused-ring (bicyclic) bond motifs is 1. The second kappa shape index (κ2) is 10.1. The topological polar surface area (TPSA) is 86.8 Å². The number of hydrogen-bond acceptors (Lipinski definition) is 4. The molecule has 8 heteroatoms.